The van der Waals surface area contributed by atoms with Crippen LogP contribution >= 0.6 is 0 Å². The normalized spacial score (nSPS) is 9.64. The van der Waals surface area contributed by atoms with Crippen LogP contribution in [0.4, 0.5) is 4.79 Å². The topological polar surface area (TPSA) is 29.5 Å². The zero-order valence-corrected chi connectivity index (χ0v) is 9.63. The largest absolute Gasteiger partial charge is 0.436 e. The molecule has 0 spiro atoms. The third kappa shape index (κ3) is 4.18. The Morgan fingerprint density at radius 3 is 2.14 bits per heavy atom. The van der Waals surface area contributed by atoms with Gasteiger partial charge in [-0.2, -0.15) is 0 Å². The molecule has 0 saturated heterocycles. The van der Waals surface area contributed by atoms with E-state index in [9.17, 15) is 4.79 Å². The Bertz CT molecular complexity index is 227. The highest BCUT2D eigenvalue weighted by Gasteiger charge is 2.20. The van der Waals surface area contributed by atoms with Crippen molar-refractivity contribution in [3.8, 4) is 11.8 Å². The second-order valence-corrected chi connectivity index (χ2v) is 3.58. The summed E-state index contributed by atoms with van der Waals surface area (Å²) in [7, 11) is 0. The molecule has 0 aromatic rings. The van der Waals surface area contributed by atoms with Gasteiger partial charge in [-0.1, -0.05) is 5.92 Å². The van der Waals surface area contributed by atoms with E-state index in [4.69, 9.17) is 4.74 Å². The van der Waals surface area contributed by atoms with Gasteiger partial charge >= 0.3 is 6.09 Å². The number of carbonyl (C=O) groups is 1. The lowest BCUT2D eigenvalue weighted by atomic mass is 10.2. The Kier molecular flexibility index (Phi) is 5.78. The Morgan fingerprint density at radius 2 is 1.79 bits per heavy atom. The highest BCUT2D eigenvalue weighted by molar-refractivity contribution is 5.68. The molecule has 0 heterocycles. The van der Waals surface area contributed by atoms with E-state index in [0.29, 0.717) is 0 Å². The van der Waals surface area contributed by atoms with Crippen molar-refractivity contribution >= 4 is 6.09 Å². The molecule has 0 bridgehead atoms. The number of hydrogen-bond donors (Lipinski definition) is 0. The molecule has 0 radical (unpaired) electrons. The summed E-state index contributed by atoms with van der Waals surface area (Å²) in [6, 6.07) is 0.300. The van der Waals surface area contributed by atoms with Gasteiger partial charge in [0.05, 0.1) is 0 Å². The first-order chi connectivity index (χ1) is 6.50. The maximum atomic E-state index is 11.5. The van der Waals surface area contributed by atoms with Gasteiger partial charge in [-0.05, 0) is 34.6 Å². The Balaban J connectivity index is 4.21. The highest BCUT2D eigenvalue weighted by atomic mass is 16.6. The standard InChI is InChI=1S/C11H19NO2/c1-6-7-8-14-11(13)12(9(2)3)10(4)5/h9-10H,8H2,1-5H3. The minimum Gasteiger partial charge on any atom is -0.436 e. The zero-order chi connectivity index (χ0) is 11.1. The van der Waals surface area contributed by atoms with Gasteiger partial charge in [0.25, 0.3) is 0 Å². The molecule has 0 aromatic carbocycles. The van der Waals surface area contributed by atoms with Crippen LogP contribution in [-0.2, 0) is 4.74 Å². The minimum absolute atomic E-state index is 0.150. The average molecular weight is 197 g/mol. The molecule has 0 atom stereocenters. The first kappa shape index (κ1) is 12.8. The number of ether oxygens (including phenoxy) is 1. The molecule has 0 aliphatic heterocycles. The fourth-order valence-electron chi connectivity index (χ4n) is 1.26. The van der Waals surface area contributed by atoms with Crippen molar-refractivity contribution in [3.63, 3.8) is 0 Å². The van der Waals surface area contributed by atoms with Crippen molar-refractivity contribution in [2.24, 2.45) is 0 Å². The molecule has 3 nitrogen and oxygen atoms in total. The van der Waals surface area contributed by atoms with Gasteiger partial charge in [-0.25, -0.2) is 4.79 Å². The van der Waals surface area contributed by atoms with E-state index in [-0.39, 0.29) is 24.8 Å². The number of nitrogens with zero attached hydrogens (tertiary/aromatic N) is 1. The summed E-state index contributed by atoms with van der Waals surface area (Å²) >= 11 is 0. The van der Waals surface area contributed by atoms with E-state index < -0.39 is 0 Å². The smallest absolute Gasteiger partial charge is 0.411 e. The maximum Gasteiger partial charge on any atom is 0.411 e. The summed E-state index contributed by atoms with van der Waals surface area (Å²) in [5.41, 5.74) is 0. The maximum absolute atomic E-state index is 11.5. The van der Waals surface area contributed by atoms with Crippen molar-refractivity contribution in [3.05, 3.63) is 0 Å². The van der Waals surface area contributed by atoms with Crippen molar-refractivity contribution in [1.82, 2.24) is 4.90 Å². The van der Waals surface area contributed by atoms with Crippen molar-refractivity contribution < 1.29 is 9.53 Å². The van der Waals surface area contributed by atoms with Crippen LogP contribution in [0.2, 0.25) is 0 Å². The molecule has 0 unspecified atom stereocenters. The highest BCUT2D eigenvalue weighted by Crippen LogP contribution is 2.06. The molecular formula is C11H19NO2. The molecule has 0 saturated carbocycles. The van der Waals surface area contributed by atoms with Crippen molar-refractivity contribution in [2.75, 3.05) is 6.61 Å². The summed E-state index contributed by atoms with van der Waals surface area (Å²) < 4.78 is 4.98. The van der Waals surface area contributed by atoms with Crippen LogP contribution in [0.1, 0.15) is 34.6 Å². The third-order valence-corrected chi connectivity index (χ3v) is 1.77. The Labute approximate surface area is 86.4 Å². The lowest BCUT2D eigenvalue weighted by molar-refractivity contribution is 0.0889. The van der Waals surface area contributed by atoms with E-state index in [0.717, 1.165) is 0 Å². The lowest BCUT2D eigenvalue weighted by Gasteiger charge is -2.29. The number of amides is 1. The second-order valence-electron chi connectivity index (χ2n) is 3.58. The van der Waals surface area contributed by atoms with Crippen molar-refractivity contribution in [1.29, 1.82) is 0 Å². The fraction of sp³-hybridized carbons (Fsp3) is 0.727. The number of hydrogen-bond acceptors (Lipinski definition) is 2. The van der Waals surface area contributed by atoms with Gasteiger partial charge in [0.15, 0.2) is 6.61 Å². The van der Waals surface area contributed by atoms with E-state index >= 15 is 0 Å². The van der Waals surface area contributed by atoms with Gasteiger partial charge < -0.3 is 9.64 Å². The Morgan fingerprint density at radius 1 is 1.29 bits per heavy atom. The lowest BCUT2D eigenvalue weighted by Crippen LogP contribution is -2.42. The first-order valence-corrected chi connectivity index (χ1v) is 4.85. The van der Waals surface area contributed by atoms with Gasteiger partial charge in [0, 0.05) is 12.1 Å². The number of rotatable bonds is 3. The van der Waals surface area contributed by atoms with Gasteiger partial charge in [0.2, 0.25) is 0 Å². The quantitative estimate of drug-likeness (QED) is 0.649. The molecule has 14 heavy (non-hydrogen) atoms. The van der Waals surface area contributed by atoms with Crippen molar-refractivity contribution in [2.45, 2.75) is 46.7 Å². The summed E-state index contributed by atoms with van der Waals surface area (Å²) in [6.45, 7) is 9.75. The van der Waals surface area contributed by atoms with Crippen LogP contribution < -0.4 is 0 Å². The third-order valence-electron chi connectivity index (χ3n) is 1.77. The summed E-state index contributed by atoms with van der Waals surface area (Å²) in [4.78, 5) is 13.2. The van der Waals surface area contributed by atoms with Crippen LogP contribution in [0, 0.1) is 11.8 Å². The summed E-state index contributed by atoms with van der Waals surface area (Å²) in [6.07, 6.45) is -0.294. The molecule has 0 aliphatic carbocycles. The van der Waals surface area contributed by atoms with E-state index in [2.05, 4.69) is 11.8 Å². The van der Waals surface area contributed by atoms with E-state index in [1.807, 2.05) is 27.7 Å². The molecule has 0 N–H and O–H groups in total. The zero-order valence-electron chi connectivity index (χ0n) is 9.63. The van der Waals surface area contributed by atoms with E-state index in [1.165, 1.54) is 0 Å². The summed E-state index contributed by atoms with van der Waals surface area (Å²) in [5.74, 6) is 5.37. The second kappa shape index (κ2) is 6.31. The SMILES string of the molecule is CC#CCOC(=O)N(C(C)C)C(C)C. The fourth-order valence-corrected chi connectivity index (χ4v) is 1.26. The molecule has 0 rings (SSSR count). The minimum atomic E-state index is -0.294. The van der Waals surface area contributed by atoms with Crippen LogP contribution in [0.15, 0.2) is 0 Å². The molecule has 3 heteroatoms. The van der Waals surface area contributed by atoms with Crippen LogP contribution in [0.3, 0.4) is 0 Å². The Hall–Kier alpha value is -1.17. The van der Waals surface area contributed by atoms with Crippen LogP contribution in [0.5, 0.6) is 0 Å². The van der Waals surface area contributed by atoms with Crippen LogP contribution in [-0.4, -0.2) is 29.7 Å². The molecular weight excluding hydrogens is 178 g/mol. The summed E-state index contributed by atoms with van der Waals surface area (Å²) in [5, 5.41) is 0. The molecule has 80 valence electrons. The van der Waals surface area contributed by atoms with Gasteiger partial charge in [-0.3, -0.25) is 0 Å². The molecule has 1 amide bonds. The molecule has 0 aromatic heterocycles. The van der Waals surface area contributed by atoms with E-state index in [1.54, 1.807) is 11.8 Å². The van der Waals surface area contributed by atoms with Crippen LogP contribution in [0.25, 0.3) is 0 Å². The van der Waals surface area contributed by atoms with Gasteiger partial charge in [0.1, 0.15) is 0 Å². The van der Waals surface area contributed by atoms with Gasteiger partial charge in [-0.15, -0.1) is 5.92 Å². The number of carbonyl (C=O) groups excluding carboxylic acids is 1. The molecule has 0 aliphatic rings. The first-order valence-electron chi connectivity index (χ1n) is 4.85. The molecule has 0 fully saturated rings. The average Bonchev–Trinajstić information content (AvgIpc) is 2.03. The monoisotopic (exact) mass is 197 g/mol. The predicted molar refractivity (Wildman–Crippen MR) is 56.9 cm³/mol. The predicted octanol–water partition coefficient (Wildman–Crippen LogP) is 2.27.